The van der Waals surface area contributed by atoms with E-state index in [9.17, 15) is 4.79 Å². The van der Waals surface area contributed by atoms with Crippen LogP contribution in [0, 0.1) is 0 Å². The number of methoxy groups -OCH3 is 1. The van der Waals surface area contributed by atoms with Crippen molar-refractivity contribution in [3.05, 3.63) is 40.4 Å². The number of para-hydroxylation sites is 1. The van der Waals surface area contributed by atoms with Gasteiger partial charge >= 0.3 is 0 Å². The van der Waals surface area contributed by atoms with Crippen molar-refractivity contribution in [1.82, 2.24) is 9.88 Å². The van der Waals surface area contributed by atoms with Gasteiger partial charge in [0.2, 0.25) is 0 Å². The smallest absolute Gasteiger partial charge is 0.260 e. The van der Waals surface area contributed by atoms with Crippen molar-refractivity contribution in [1.29, 1.82) is 0 Å². The van der Waals surface area contributed by atoms with Crippen LogP contribution < -0.4 is 16.2 Å². The molecule has 134 valence electrons. The van der Waals surface area contributed by atoms with E-state index in [1.54, 1.807) is 7.11 Å². The van der Waals surface area contributed by atoms with Gasteiger partial charge in [0.05, 0.1) is 12.8 Å². The van der Waals surface area contributed by atoms with Gasteiger partial charge in [0, 0.05) is 41.7 Å². The predicted octanol–water partition coefficient (Wildman–Crippen LogP) is 2.64. The molecule has 4 rings (SSSR count). The molecule has 6 nitrogen and oxygen atoms in total. The van der Waals surface area contributed by atoms with Crippen LogP contribution in [0.5, 0.6) is 5.75 Å². The number of pyridine rings is 1. The van der Waals surface area contributed by atoms with Crippen LogP contribution in [0.3, 0.4) is 0 Å². The maximum absolute atomic E-state index is 11.8. The van der Waals surface area contributed by atoms with Gasteiger partial charge in [-0.25, -0.2) is 4.98 Å². The minimum absolute atomic E-state index is 0.361. The Hall–Kier alpha value is -2.64. The first-order valence-electron chi connectivity index (χ1n) is 8.36. The van der Waals surface area contributed by atoms with E-state index in [0.29, 0.717) is 10.6 Å². The molecule has 1 aliphatic heterocycles. The maximum Gasteiger partial charge on any atom is 0.260 e. The zero-order valence-corrected chi connectivity index (χ0v) is 15.5. The van der Waals surface area contributed by atoms with E-state index in [2.05, 4.69) is 11.9 Å². The summed E-state index contributed by atoms with van der Waals surface area (Å²) in [6.45, 7) is 1.72. The van der Waals surface area contributed by atoms with Crippen molar-refractivity contribution in [2.45, 2.75) is 13.0 Å². The van der Waals surface area contributed by atoms with Crippen molar-refractivity contribution in [3.8, 4) is 16.9 Å². The normalized spacial score (nSPS) is 14.4. The van der Waals surface area contributed by atoms with E-state index in [-0.39, 0.29) is 0 Å². The summed E-state index contributed by atoms with van der Waals surface area (Å²) >= 11 is 1.26. The molecule has 0 radical (unpaired) electrons. The number of fused-ring (bicyclic) bond motifs is 2. The van der Waals surface area contributed by atoms with Gasteiger partial charge in [0.25, 0.3) is 5.91 Å². The molecule has 1 amide bonds. The fraction of sp³-hybridized carbons (Fsp3) is 0.263. The van der Waals surface area contributed by atoms with E-state index in [0.717, 1.165) is 57.9 Å². The molecule has 0 bridgehead atoms. The number of nitrogens with two attached hydrogens (primary N) is 2. The van der Waals surface area contributed by atoms with Crippen LogP contribution in [0.15, 0.2) is 24.3 Å². The molecule has 2 aromatic heterocycles. The Morgan fingerprint density at radius 2 is 2.12 bits per heavy atom. The molecule has 0 spiro atoms. The molecule has 1 aliphatic rings. The standard InChI is InChI=1S/C19H20N4O2S/c1-23-8-7-12-11(9-23)14(10-5-3-4-6-13(10)25-2)15-16(20)17(18(21)24)26-19(15)22-12/h3-6H,7-9,20H2,1-2H3,(H2,21,24). The van der Waals surface area contributed by atoms with Gasteiger partial charge < -0.3 is 21.1 Å². The van der Waals surface area contributed by atoms with E-state index < -0.39 is 5.91 Å². The molecule has 3 heterocycles. The quantitative estimate of drug-likeness (QED) is 0.741. The minimum atomic E-state index is -0.522. The molecule has 0 saturated carbocycles. The van der Waals surface area contributed by atoms with Gasteiger partial charge in [-0.2, -0.15) is 0 Å². The summed E-state index contributed by atoms with van der Waals surface area (Å²) in [4.78, 5) is 20.0. The number of primary amides is 1. The SMILES string of the molecule is COc1ccccc1-c1c2c(nc3sc(C(N)=O)c(N)c13)CCN(C)C2. The summed E-state index contributed by atoms with van der Waals surface area (Å²) in [5.41, 5.74) is 16.4. The lowest BCUT2D eigenvalue weighted by Gasteiger charge is -2.27. The highest BCUT2D eigenvalue weighted by atomic mass is 32.1. The first-order chi connectivity index (χ1) is 12.5. The van der Waals surface area contributed by atoms with E-state index in [1.807, 2.05) is 24.3 Å². The third-order valence-electron chi connectivity index (χ3n) is 4.82. The number of ether oxygens (including phenoxy) is 1. The van der Waals surface area contributed by atoms with Gasteiger partial charge in [-0.3, -0.25) is 4.79 Å². The minimum Gasteiger partial charge on any atom is -0.496 e. The Balaban J connectivity index is 2.14. The summed E-state index contributed by atoms with van der Waals surface area (Å²) in [5.74, 6) is 0.244. The Labute approximate surface area is 155 Å². The highest BCUT2D eigenvalue weighted by Gasteiger charge is 2.27. The number of aromatic nitrogens is 1. The van der Waals surface area contributed by atoms with E-state index in [4.69, 9.17) is 21.2 Å². The van der Waals surface area contributed by atoms with Crippen molar-refractivity contribution < 1.29 is 9.53 Å². The number of hydrogen-bond acceptors (Lipinski definition) is 6. The molecule has 0 aliphatic carbocycles. The maximum atomic E-state index is 11.8. The van der Waals surface area contributed by atoms with Gasteiger partial charge in [-0.05, 0) is 18.7 Å². The molecular weight excluding hydrogens is 348 g/mol. The van der Waals surface area contributed by atoms with Crippen molar-refractivity contribution in [2.75, 3.05) is 26.4 Å². The number of benzene rings is 1. The molecule has 4 N–H and O–H groups in total. The summed E-state index contributed by atoms with van der Waals surface area (Å²) < 4.78 is 5.60. The van der Waals surface area contributed by atoms with Crippen LogP contribution in [0.2, 0.25) is 0 Å². The van der Waals surface area contributed by atoms with Gasteiger partial charge in [-0.15, -0.1) is 11.3 Å². The highest BCUT2D eigenvalue weighted by Crippen LogP contribution is 2.45. The lowest BCUT2D eigenvalue weighted by molar-refractivity contribution is 0.100. The second kappa shape index (κ2) is 6.26. The molecule has 3 aromatic rings. The Bertz CT molecular complexity index is 1030. The Morgan fingerprint density at radius 3 is 2.85 bits per heavy atom. The van der Waals surface area contributed by atoms with Crippen LogP contribution >= 0.6 is 11.3 Å². The average molecular weight is 368 g/mol. The first-order valence-corrected chi connectivity index (χ1v) is 9.18. The number of amides is 1. The van der Waals surface area contributed by atoms with Crippen molar-refractivity contribution in [3.63, 3.8) is 0 Å². The zero-order chi connectivity index (χ0) is 18.4. The lowest BCUT2D eigenvalue weighted by atomic mass is 9.91. The van der Waals surface area contributed by atoms with E-state index >= 15 is 0 Å². The molecule has 0 saturated heterocycles. The van der Waals surface area contributed by atoms with Crippen LogP contribution in [-0.4, -0.2) is 36.5 Å². The third-order valence-corrected chi connectivity index (χ3v) is 5.94. The monoisotopic (exact) mass is 368 g/mol. The Kier molecular flexibility index (Phi) is 4.05. The van der Waals surface area contributed by atoms with Crippen LogP contribution in [0.25, 0.3) is 21.3 Å². The molecule has 7 heteroatoms. The molecular formula is C19H20N4O2S. The zero-order valence-electron chi connectivity index (χ0n) is 14.7. The number of carbonyl (C=O) groups is 1. The molecule has 26 heavy (non-hydrogen) atoms. The summed E-state index contributed by atoms with van der Waals surface area (Å²) in [6, 6.07) is 7.85. The summed E-state index contributed by atoms with van der Waals surface area (Å²) in [6.07, 6.45) is 0.855. The number of carbonyl (C=O) groups excluding carboxylic acids is 1. The van der Waals surface area contributed by atoms with Crippen molar-refractivity contribution in [2.24, 2.45) is 5.73 Å². The first kappa shape index (κ1) is 16.8. The van der Waals surface area contributed by atoms with Crippen LogP contribution in [0.1, 0.15) is 20.9 Å². The largest absolute Gasteiger partial charge is 0.496 e. The van der Waals surface area contributed by atoms with Gasteiger partial charge in [0.1, 0.15) is 15.5 Å². The number of anilines is 1. The number of rotatable bonds is 3. The fourth-order valence-corrected chi connectivity index (χ4v) is 4.57. The second-order valence-electron chi connectivity index (χ2n) is 6.49. The van der Waals surface area contributed by atoms with E-state index in [1.165, 1.54) is 11.3 Å². The lowest BCUT2D eigenvalue weighted by Crippen LogP contribution is -2.28. The van der Waals surface area contributed by atoms with Crippen molar-refractivity contribution >= 4 is 33.1 Å². The number of nitrogen functional groups attached to an aromatic ring is 1. The highest BCUT2D eigenvalue weighted by molar-refractivity contribution is 7.21. The predicted molar refractivity (Wildman–Crippen MR) is 105 cm³/mol. The topological polar surface area (TPSA) is 94.5 Å². The summed E-state index contributed by atoms with van der Waals surface area (Å²) in [5, 5.41) is 0.794. The van der Waals surface area contributed by atoms with Crippen LogP contribution in [0.4, 0.5) is 5.69 Å². The number of hydrogen-bond donors (Lipinski definition) is 2. The number of likely N-dealkylation sites (N-methyl/N-ethyl adjacent to an activating group) is 1. The average Bonchev–Trinajstić information content (AvgIpc) is 2.96. The Morgan fingerprint density at radius 1 is 1.35 bits per heavy atom. The molecule has 0 atom stereocenters. The van der Waals surface area contributed by atoms with Gasteiger partial charge in [-0.1, -0.05) is 18.2 Å². The molecule has 1 aromatic carbocycles. The fourth-order valence-electron chi connectivity index (χ4n) is 3.59. The molecule has 0 fully saturated rings. The molecule has 0 unspecified atom stereocenters. The number of nitrogens with zero attached hydrogens (tertiary/aromatic N) is 2. The summed E-state index contributed by atoms with van der Waals surface area (Å²) in [7, 11) is 3.74. The van der Waals surface area contributed by atoms with Crippen LogP contribution in [-0.2, 0) is 13.0 Å². The third kappa shape index (κ3) is 2.51. The van der Waals surface area contributed by atoms with Gasteiger partial charge in [0.15, 0.2) is 0 Å². The number of thiophene rings is 1. The second-order valence-corrected chi connectivity index (χ2v) is 7.49.